The lowest BCUT2D eigenvalue weighted by atomic mass is 10.1. The van der Waals surface area contributed by atoms with Crippen molar-refractivity contribution in [1.82, 2.24) is 0 Å². The van der Waals surface area contributed by atoms with Crippen LogP contribution in [0.5, 0.6) is 11.5 Å². The lowest BCUT2D eigenvalue weighted by Gasteiger charge is -2.19. The van der Waals surface area contributed by atoms with Gasteiger partial charge in [0.15, 0.2) is 0 Å². The fraction of sp³-hybridized carbons (Fsp3) is 0.316. The second-order valence-electron chi connectivity index (χ2n) is 5.56. The molecule has 0 aliphatic rings. The van der Waals surface area contributed by atoms with E-state index in [2.05, 4.69) is 0 Å². The van der Waals surface area contributed by atoms with E-state index in [1.54, 1.807) is 24.5 Å². The first-order valence-corrected chi connectivity index (χ1v) is 9.21. The van der Waals surface area contributed by atoms with Crippen LogP contribution in [0.3, 0.4) is 0 Å². The van der Waals surface area contributed by atoms with Crippen molar-refractivity contribution in [3.05, 3.63) is 53.1 Å². The molecule has 2 aromatic rings. The van der Waals surface area contributed by atoms with Crippen molar-refractivity contribution in [1.29, 1.82) is 0 Å². The fourth-order valence-corrected chi connectivity index (χ4v) is 2.71. The molecule has 0 bridgehead atoms. The predicted octanol–water partition coefficient (Wildman–Crippen LogP) is 4.96. The molecule has 0 spiro atoms. The number of hydrogen-bond donors (Lipinski definition) is 1. The van der Waals surface area contributed by atoms with Crippen LogP contribution >= 0.6 is 11.8 Å². The Bertz CT molecular complexity index is 748. The van der Waals surface area contributed by atoms with Gasteiger partial charge in [-0.2, -0.15) is 5.06 Å². The van der Waals surface area contributed by atoms with Crippen LogP contribution in [-0.2, 0) is 6.61 Å². The van der Waals surface area contributed by atoms with Gasteiger partial charge in [-0.05, 0) is 56.9 Å². The van der Waals surface area contributed by atoms with E-state index in [1.807, 2.05) is 39.0 Å². The Morgan fingerprint density at radius 1 is 1.16 bits per heavy atom. The van der Waals surface area contributed by atoms with Gasteiger partial charge in [-0.1, -0.05) is 29.5 Å². The highest BCUT2D eigenvalue weighted by atomic mass is 32.2. The van der Waals surface area contributed by atoms with E-state index in [4.69, 9.17) is 9.47 Å². The van der Waals surface area contributed by atoms with Gasteiger partial charge in [0.2, 0.25) is 0 Å². The van der Waals surface area contributed by atoms with Crippen LogP contribution in [0, 0.1) is 13.8 Å². The normalized spacial score (nSPS) is 10.4. The number of aryl methyl sites for hydroxylation is 2. The largest absolute Gasteiger partial charge is 0.494 e. The minimum Gasteiger partial charge on any atom is -0.494 e. The lowest BCUT2D eigenvalue weighted by Crippen LogP contribution is -2.24. The Morgan fingerprint density at radius 3 is 2.56 bits per heavy atom. The third-order valence-electron chi connectivity index (χ3n) is 3.65. The summed E-state index contributed by atoms with van der Waals surface area (Å²) in [5.74, 6) is 1.43. The Balaban J connectivity index is 2.28. The summed E-state index contributed by atoms with van der Waals surface area (Å²) in [5.41, 5.74) is 3.24. The molecule has 0 saturated carbocycles. The average Bonchev–Trinajstić information content (AvgIpc) is 2.60. The van der Waals surface area contributed by atoms with Crippen LogP contribution in [0.2, 0.25) is 0 Å². The number of ether oxygens (including phenoxy) is 2. The van der Waals surface area contributed by atoms with Crippen LogP contribution in [-0.4, -0.2) is 23.3 Å². The first-order chi connectivity index (χ1) is 12.0. The van der Waals surface area contributed by atoms with Crippen LogP contribution in [0.25, 0.3) is 0 Å². The molecule has 1 amide bonds. The van der Waals surface area contributed by atoms with Crippen molar-refractivity contribution in [3.63, 3.8) is 0 Å². The van der Waals surface area contributed by atoms with Gasteiger partial charge in [-0.25, -0.2) is 0 Å². The molecule has 2 aromatic carbocycles. The monoisotopic (exact) mass is 361 g/mol. The number of amides is 1. The summed E-state index contributed by atoms with van der Waals surface area (Å²) < 4.78 is 11.4. The smallest absolute Gasteiger partial charge is 0.309 e. The van der Waals surface area contributed by atoms with Gasteiger partial charge in [0.25, 0.3) is 0 Å². The fourth-order valence-electron chi connectivity index (χ4n) is 2.44. The number of benzene rings is 2. The number of carbonyl (C=O) groups is 1. The van der Waals surface area contributed by atoms with Crippen molar-refractivity contribution in [2.24, 2.45) is 0 Å². The molecule has 0 aromatic heterocycles. The van der Waals surface area contributed by atoms with Gasteiger partial charge in [0.1, 0.15) is 18.1 Å². The molecule has 1 N–H and O–H groups in total. The minimum atomic E-state index is -0.461. The van der Waals surface area contributed by atoms with Crippen molar-refractivity contribution < 1.29 is 19.5 Å². The molecule has 134 valence electrons. The Kier molecular flexibility index (Phi) is 6.73. The molecule has 2 rings (SSSR count). The van der Waals surface area contributed by atoms with E-state index < -0.39 is 5.24 Å². The predicted molar refractivity (Wildman–Crippen MR) is 101 cm³/mol. The lowest BCUT2D eigenvalue weighted by molar-refractivity contribution is 0.223. The summed E-state index contributed by atoms with van der Waals surface area (Å²) in [7, 11) is 0. The molecule has 25 heavy (non-hydrogen) atoms. The van der Waals surface area contributed by atoms with Gasteiger partial charge >= 0.3 is 5.24 Å². The number of thioether (sulfide) groups is 1. The minimum absolute atomic E-state index is 0.207. The summed E-state index contributed by atoms with van der Waals surface area (Å²) in [4.78, 5) is 11.8. The maximum absolute atomic E-state index is 11.8. The SMILES string of the molecule is CCOc1ccc(N(O)C(=O)SC)c(COc2ccc(C)cc2C)c1. The summed E-state index contributed by atoms with van der Waals surface area (Å²) in [6, 6.07) is 11.1. The first kappa shape index (κ1) is 19.1. The average molecular weight is 361 g/mol. The molecule has 0 radical (unpaired) electrons. The van der Waals surface area contributed by atoms with Crippen LogP contribution in [0.1, 0.15) is 23.6 Å². The third kappa shape index (κ3) is 4.90. The molecule has 0 fully saturated rings. The maximum Gasteiger partial charge on any atom is 0.309 e. The Morgan fingerprint density at radius 2 is 1.92 bits per heavy atom. The summed E-state index contributed by atoms with van der Waals surface area (Å²) in [5, 5.41) is 10.3. The van der Waals surface area contributed by atoms with Crippen molar-refractivity contribution in [3.8, 4) is 11.5 Å². The highest BCUT2D eigenvalue weighted by Crippen LogP contribution is 2.28. The second-order valence-corrected chi connectivity index (χ2v) is 6.32. The molecular formula is C19H23NO4S. The van der Waals surface area contributed by atoms with E-state index in [9.17, 15) is 10.0 Å². The van der Waals surface area contributed by atoms with Gasteiger partial charge in [0.05, 0.1) is 12.3 Å². The molecule has 0 atom stereocenters. The van der Waals surface area contributed by atoms with Crippen LogP contribution < -0.4 is 14.5 Å². The molecule has 5 nitrogen and oxygen atoms in total. The molecule has 0 saturated heterocycles. The number of nitrogens with zero attached hydrogens (tertiary/aromatic N) is 1. The van der Waals surface area contributed by atoms with Crippen molar-refractivity contribution in [2.45, 2.75) is 27.4 Å². The molecule has 0 heterocycles. The standard InChI is InChI=1S/C19H23NO4S/c1-5-23-16-7-8-17(20(22)19(21)25-4)15(11-16)12-24-18-9-6-13(2)10-14(18)3/h6-11,22H,5,12H2,1-4H3. The van der Waals surface area contributed by atoms with E-state index >= 15 is 0 Å². The number of rotatable bonds is 6. The zero-order valence-electron chi connectivity index (χ0n) is 14.9. The topological polar surface area (TPSA) is 59.0 Å². The molecule has 0 aliphatic heterocycles. The van der Waals surface area contributed by atoms with E-state index in [0.29, 0.717) is 28.7 Å². The Hall–Kier alpha value is -2.18. The quantitative estimate of drug-likeness (QED) is 0.582. The molecule has 6 heteroatoms. The zero-order chi connectivity index (χ0) is 18.4. The van der Waals surface area contributed by atoms with Gasteiger partial charge < -0.3 is 9.47 Å². The Labute approximate surface area is 152 Å². The van der Waals surface area contributed by atoms with E-state index in [-0.39, 0.29) is 6.61 Å². The molecule has 0 unspecified atom stereocenters. The number of carbonyl (C=O) groups excluding carboxylic acids is 1. The molecular weight excluding hydrogens is 338 g/mol. The number of hydrogen-bond acceptors (Lipinski definition) is 5. The van der Waals surface area contributed by atoms with Gasteiger partial charge in [-0.3, -0.25) is 10.0 Å². The van der Waals surface area contributed by atoms with Crippen molar-refractivity contribution >= 4 is 22.7 Å². The van der Waals surface area contributed by atoms with E-state index in [1.165, 1.54) is 0 Å². The van der Waals surface area contributed by atoms with Crippen LogP contribution in [0.15, 0.2) is 36.4 Å². The highest BCUT2D eigenvalue weighted by Gasteiger charge is 2.17. The number of hydroxylamine groups is 1. The van der Waals surface area contributed by atoms with E-state index in [0.717, 1.165) is 28.6 Å². The zero-order valence-corrected chi connectivity index (χ0v) is 15.7. The highest BCUT2D eigenvalue weighted by molar-refractivity contribution is 8.13. The third-order valence-corrected chi connectivity index (χ3v) is 4.17. The van der Waals surface area contributed by atoms with Crippen molar-refractivity contribution in [2.75, 3.05) is 17.9 Å². The summed E-state index contributed by atoms with van der Waals surface area (Å²) in [6.07, 6.45) is 1.62. The number of anilines is 1. The van der Waals surface area contributed by atoms with Crippen LogP contribution in [0.4, 0.5) is 10.5 Å². The molecule has 0 aliphatic carbocycles. The van der Waals surface area contributed by atoms with Gasteiger partial charge in [0, 0.05) is 5.56 Å². The van der Waals surface area contributed by atoms with Gasteiger partial charge in [-0.15, -0.1) is 0 Å². The summed E-state index contributed by atoms with van der Waals surface area (Å²) in [6.45, 7) is 6.64. The second kappa shape index (κ2) is 8.78. The first-order valence-electron chi connectivity index (χ1n) is 7.99. The maximum atomic E-state index is 11.8. The summed E-state index contributed by atoms with van der Waals surface area (Å²) >= 11 is 0.934.